The summed E-state index contributed by atoms with van der Waals surface area (Å²) in [5, 5.41) is 8.88. The van der Waals surface area contributed by atoms with Crippen LogP contribution in [0.1, 0.15) is 26.2 Å². The Labute approximate surface area is 82.6 Å². The second-order valence-corrected chi connectivity index (χ2v) is 3.43. The molecule has 78 valence electrons. The van der Waals surface area contributed by atoms with E-state index in [1.165, 1.54) is 0 Å². The van der Waals surface area contributed by atoms with Crippen LogP contribution in [0, 0.1) is 5.92 Å². The minimum atomic E-state index is -1.03. The Morgan fingerprint density at radius 2 is 2.29 bits per heavy atom. The monoisotopic (exact) mass is 198 g/mol. The van der Waals surface area contributed by atoms with Crippen LogP contribution in [0.3, 0.4) is 0 Å². The van der Waals surface area contributed by atoms with Gasteiger partial charge in [-0.25, -0.2) is 4.79 Å². The Kier molecular flexibility index (Phi) is 3.28. The van der Waals surface area contributed by atoms with Crippen molar-refractivity contribution in [1.82, 2.24) is 0 Å². The lowest BCUT2D eigenvalue weighted by Gasteiger charge is -2.12. The molecule has 0 radical (unpaired) electrons. The highest BCUT2D eigenvalue weighted by Gasteiger charge is 2.42. The van der Waals surface area contributed by atoms with E-state index in [1.807, 2.05) is 6.92 Å². The van der Waals surface area contributed by atoms with Gasteiger partial charge in [-0.05, 0) is 6.42 Å². The van der Waals surface area contributed by atoms with E-state index in [1.54, 1.807) is 0 Å². The van der Waals surface area contributed by atoms with Crippen LogP contribution in [0.5, 0.6) is 0 Å². The third-order valence-electron chi connectivity index (χ3n) is 2.38. The Balaban J connectivity index is 2.70. The molecule has 0 unspecified atom stereocenters. The van der Waals surface area contributed by atoms with Gasteiger partial charge in [0, 0.05) is 5.57 Å². The van der Waals surface area contributed by atoms with Gasteiger partial charge in [0.1, 0.15) is 12.0 Å². The number of hydrogen-bond acceptors (Lipinski definition) is 3. The van der Waals surface area contributed by atoms with Crippen LogP contribution in [0.2, 0.25) is 0 Å². The highest BCUT2D eigenvalue weighted by Crippen LogP contribution is 2.29. The Morgan fingerprint density at radius 3 is 2.79 bits per heavy atom. The molecule has 1 aliphatic rings. The molecule has 2 atom stereocenters. The molecule has 1 rings (SSSR count). The first-order chi connectivity index (χ1) is 6.57. The highest BCUT2D eigenvalue weighted by atomic mass is 16.6. The van der Waals surface area contributed by atoms with Crippen LogP contribution in [0.25, 0.3) is 0 Å². The van der Waals surface area contributed by atoms with Crippen molar-refractivity contribution in [3.63, 3.8) is 0 Å². The van der Waals surface area contributed by atoms with Gasteiger partial charge in [0.15, 0.2) is 0 Å². The summed E-state index contributed by atoms with van der Waals surface area (Å²) in [6, 6.07) is 0. The van der Waals surface area contributed by atoms with Crippen LogP contribution in [0.4, 0.5) is 0 Å². The molecule has 0 bridgehead atoms. The summed E-state index contributed by atoms with van der Waals surface area (Å²) >= 11 is 0. The smallest absolute Gasteiger partial charge is 0.334 e. The molecule has 1 heterocycles. The summed E-state index contributed by atoms with van der Waals surface area (Å²) in [6.45, 7) is 5.44. The Hall–Kier alpha value is -1.32. The number of carboxylic acids is 1. The standard InChI is InChI=1S/C10H14O4/c1-3-4-5-7-8(9(11)12)6(2)10(13)14-7/h7-8H,2-5H2,1H3,(H,11,12)/t7-,8+/m1/s1. The van der Waals surface area contributed by atoms with Crippen molar-refractivity contribution in [1.29, 1.82) is 0 Å². The van der Waals surface area contributed by atoms with Gasteiger partial charge in [-0.1, -0.05) is 26.3 Å². The minimum Gasteiger partial charge on any atom is -0.481 e. The molecular formula is C10H14O4. The zero-order valence-electron chi connectivity index (χ0n) is 8.16. The Bertz CT molecular complexity index is 269. The molecule has 1 fully saturated rings. The molecule has 14 heavy (non-hydrogen) atoms. The third kappa shape index (κ3) is 1.95. The van der Waals surface area contributed by atoms with E-state index in [4.69, 9.17) is 9.84 Å². The molecule has 0 aromatic carbocycles. The van der Waals surface area contributed by atoms with E-state index < -0.39 is 24.0 Å². The average Bonchev–Trinajstić information content (AvgIpc) is 2.39. The number of unbranched alkanes of at least 4 members (excludes halogenated alkanes) is 1. The molecule has 4 heteroatoms. The molecule has 0 amide bonds. The first-order valence-corrected chi connectivity index (χ1v) is 4.70. The van der Waals surface area contributed by atoms with Crippen LogP contribution in [0.15, 0.2) is 12.2 Å². The van der Waals surface area contributed by atoms with Gasteiger partial charge >= 0.3 is 11.9 Å². The fourth-order valence-corrected chi connectivity index (χ4v) is 1.57. The van der Waals surface area contributed by atoms with Crippen LogP contribution in [-0.4, -0.2) is 23.1 Å². The first kappa shape index (κ1) is 10.8. The maximum absolute atomic E-state index is 11.1. The average molecular weight is 198 g/mol. The van der Waals surface area contributed by atoms with E-state index in [0.29, 0.717) is 6.42 Å². The molecule has 0 aliphatic carbocycles. The van der Waals surface area contributed by atoms with Gasteiger partial charge in [-0.2, -0.15) is 0 Å². The number of hydrogen-bond donors (Lipinski definition) is 1. The predicted molar refractivity (Wildman–Crippen MR) is 49.7 cm³/mol. The fraction of sp³-hybridized carbons (Fsp3) is 0.600. The minimum absolute atomic E-state index is 0.0682. The zero-order chi connectivity index (χ0) is 10.7. The largest absolute Gasteiger partial charge is 0.481 e. The summed E-state index contributed by atoms with van der Waals surface area (Å²) in [4.78, 5) is 21.9. The van der Waals surface area contributed by atoms with Gasteiger partial charge < -0.3 is 9.84 Å². The normalized spacial score (nSPS) is 26.4. The lowest BCUT2D eigenvalue weighted by molar-refractivity contribution is -0.144. The van der Waals surface area contributed by atoms with Gasteiger partial charge in [-0.15, -0.1) is 0 Å². The van der Waals surface area contributed by atoms with E-state index in [-0.39, 0.29) is 5.57 Å². The van der Waals surface area contributed by atoms with Crippen LogP contribution >= 0.6 is 0 Å². The van der Waals surface area contributed by atoms with E-state index in [2.05, 4.69) is 6.58 Å². The topological polar surface area (TPSA) is 63.6 Å². The number of esters is 1. The molecule has 0 aromatic rings. The summed E-state index contributed by atoms with van der Waals surface area (Å²) in [6.07, 6.45) is 1.88. The number of aliphatic carboxylic acids is 1. The third-order valence-corrected chi connectivity index (χ3v) is 2.38. The molecule has 0 spiro atoms. The van der Waals surface area contributed by atoms with E-state index in [9.17, 15) is 9.59 Å². The van der Waals surface area contributed by atoms with Gasteiger partial charge in [0.2, 0.25) is 0 Å². The number of carboxylic acid groups (broad SMARTS) is 1. The summed E-state index contributed by atoms with van der Waals surface area (Å²) in [5.41, 5.74) is 0.0682. The predicted octanol–water partition coefficient (Wildman–Crippen LogP) is 1.36. The van der Waals surface area contributed by atoms with Crippen LogP contribution in [-0.2, 0) is 14.3 Å². The van der Waals surface area contributed by atoms with Crippen molar-refractivity contribution in [2.45, 2.75) is 32.3 Å². The molecule has 1 saturated heterocycles. The first-order valence-electron chi connectivity index (χ1n) is 4.70. The quantitative estimate of drug-likeness (QED) is 0.547. The second kappa shape index (κ2) is 4.26. The Morgan fingerprint density at radius 1 is 1.64 bits per heavy atom. The fourth-order valence-electron chi connectivity index (χ4n) is 1.57. The van der Waals surface area contributed by atoms with E-state index >= 15 is 0 Å². The van der Waals surface area contributed by atoms with E-state index in [0.717, 1.165) is 12.8 Å². The van der Waals surface area contributed by atoms with Gasteiger partial charge in [0.05, 0.1) is 0 Å². The lowest BCUT2D eigenvalue weighted by atomic mass is 9.94. The molecular weight excluding hydrogens is 184 g/mol. The van der Waals surface area contributed by atoms with Crippen LogP contribution < -0.4 is 0 Å². The number of carbonyl (C=O) groups excluding carboxylic acids is 1. The van der Waals surface area contributed by atoms with Crippen molar-refractivity contribution in [2.24, 2.45) is 5.92 Å². The molecule has 1 aliphatic heterocycles. The number of cyclic esters (lactones) is 1. The number of rotatable bonds is 4. The second-order valence-electron chi connectivity index (χ2n) is 3.43. The summed E-state index contributed by atoms with van der Waals surface area (Å²) in [5.74, 6) is -2.45. The van der Waals surface area contributed by atoms with Crippen molar-refractivity contribution < 1.29 is 19.4 Å². The SMILES string of the molecule is C=C1C(=O)O[C@H](CCCC)[C@H]1C(=O)O. The summed E-state index contributed by atoms with van der Waals surface area (Å²) < 4.78 is 4.93. The molecule has 0 aromatic heterocycles. The highest BCUT2D eigenvalue weighted by molar-refractivity contribution is 5.97. The maximum Gasteiger partial charge on any atom is 0.334 e. The molecule has 4 nitrogen and oxygen atoms in total. The number of ether oxygens (including phenoxy) is 1. The molecule has 1 N–H and O–H groups in total. The lowest BCUT2D eigenvalue weighted by Crippen LogP contribution is -2.24. The van der Waals surface area contributed by atoms with Gasteiger partial charge in [0.25, 0.3) is 0 Å². The number of carbonyl (C=O) groups is 2. The van der Waals surface area contributed by atoms with Gasteiger partial charge in [-0.3, -0.25) is 4.79 Å². The van der Waals surface area contributed by atoms with Crippen molar-refractivity contribution in [3.05, 3.63) is 12.2 Å². The van der Waals surface area contributed by atoms with Crippen molar-refractivity contribution in [2.75, 3.05) is 0 Å². The van der Waals surface area contributed by atoms with Crippen molar-refractivity contribution >= 4 is 11.9 Å². The van der Waals surface area contributed by atoms with Crippen molar-refractivity contribution in [3.8, 4) is 0 Å². The summed E-state index contributed by atoms with van der Waals surface area (Å²) in [7, 11) is 0. The zero-order valence-corrected chi connectivity index (χ0v) is 8.16. The maximum atomic E-state index is 11.1. The molecule has 0 saturated carbocycles.